The average molecular weight is 389 g/mol. The summed E-state index contributed by atoms with van der Waals surface area (Å²) in [4.78, 5) is 0. The van der Waals surface area contributed by atoms with Crippen LogP contribution in [-0.4, -0.2) is 59.6 Å². The quantitative estimate of drug-likeness (QED) is 0.329. The zero-order chi connectivity index (χ0) is 19.7. The van der Waals surface area contributed by atoms with Crippen LogP contribution in [0.1, 0.15) is 96.8 Å². The summed E-state index contributed by atoms with van der Waals surface area (Å²) in [5, 5.41) is 28.8. The molecular formula is C22H44O5. The molecule has 3 N–H and O–H groups in total. The average Bonchev–Trinajstić information content (AvgIpc) is 2.67. The fourth-order valence-electron chi connectivity index (χ4n) is 3.61. The van der Waals surface area contributed by atoms with Crippen molar-refractivity contribution in [2.75, 3.05) is 19.8 Å². The van der Waals surface area contributed by atoms with Crippen molar-refractivity contribution in [2.45, 2.75) is 121 Å². The maximum absolute atomic E-state index is 9.82. The largest absolute Gasteiger partial charge is 0.388 e. The van der Waals surface area contributed by atoms with E-state index in [1.54, 1.807) is 0 Å². The van der Waals surface area contributed by atoms with Crippen molar-refractivity contribution < 1.29 is 24.8 Å². The van der Waals surface area contributed by atoms with Gasteiger partial charge in [0, 0.05) is 6.61 Å². The van der Waals surface area contributed by atoms with Crippen molar-refractivity contribution in [3.63, 3.8) is 0 Å². The van der Waals surface area contributed by atoms with Crippen molar-refractivity contribution in [3.05, 3.63) is 0 Å². The van der Waals surface area contributed by atoms with E-state index >= 15 is 0 Å². The van der Waals surface area contributed by atoms with Crippen LogP contribution in [0.15, 0.2) is 0 Å². The number of unbranched alkanes of at least 4 members (excludes halogenated alkanes) is 13. The second-order valence-corrected chi connectivity index (χ2v) is 8.09. The summed E-state index contributed by atoms with van der Waals surface area (Å²) in [6.07, 6.45) is 14.9. The van der Waals surface area contributed by atoms with Gasteiger partial charge in [-0.05, 0) is 6.42 Å². The minimum absolute atomic E-state index is 0.0467. The van der Waals surface area contributed by atoms with Crippen LogP contribution in [0.25, 0.3) is 0 Å². The van der Waals surface area contributed by atoms with E-state index in [1.807, 2.05) is 0 Å². The molecule has 0 aliphatic carbocycles. The van der Waals surface area contributed by atoms with Crippen molar-refractivity contribution in [1.82, 2.24) is 0 Å². The Morgan fingerprint density at radius 2 is 1.19 bits per heavy atom. The Balaban J connectivity index is 1.78. The Morgan fingerprint density at radius 3 is 1.70 bits per heavy atom. The minimum Gasteiger partial charge on any atom is -0.388 e. The fourth-order valence-corrected chi connectivity index (χ4v) is 3.61. The van der Waals surface area contributed by atoms with Crippen molar-refractivity contribution in [1.29, 1.82) is 0 Å². The fraction of sp³-hybridized carbons (Fsp3) is 1.00. The predicted molar refractivity (Wildman–Crippen MR) is 109 cm³/mol. The Labute approximate surface area is 166 Å². The molecule has 1 rings (SSSR count). The van der Waals surface area contributed by atoms with Crippen LogP contribution in [-0.2, 0) is 9.47 Å². The van der Waals surface area contributed by atoms with Crippen LogP contribution in [0.5, 0.6) is 0 Å². The highest BCUT2D eigenvalue weighted by molar-refractivity contribution is 4.86. The monoisotopic (exact) mass is 388 g/mol. The van der Waals surface area contributed by atoms with E-state index in [9.17, 15) is 15.3 Å². The van der Waals surface area contributed by atoms with E-state index in [2.05, 4.69) is 6.92 Å². The van der Waals surface area contributed by atoms with Crippen molar-refractivity contribution >= 4 is 0 Å². The molecule has 0 bridgehead atoms. The topological polar surface area (TPSA) is 79.2 Å². The first kappa shape index (κ1) is 24.8. The smallest absolute Gasteiger partial charge is 0.111 e. The molecule has 4 atom stereocenters. The molecule has 0 aromatic heterocycles. The Kier molecular flexibility index (Phi) is 15.4. The normalized spacial score (nSPS) is 25.8. The van der Waals surface area contributed by atoms with E-state index in [0.717, 1.165) is 6.42 Å². The molecule has 0 aromatic carbocycles. The summed E-state index contributed by atoms with van der Waals surface area (Å²) in [7, 11) is 0. The third-order valence-electron chi connectivity index (χ3n) is 5.53. The Morgan fingerprint density at radius 1 is 0.704 bits per heavy atom. The zero-order valence-electron chi connectivity index (χ0n) is 17.5. The highest BCUT2D eigenvalue weighted by Gasteiger charge is 2.37. The van der Waals surface area contributed by atoms with Gasteiger partial charge in [0.05, 0.1) is 13.2 Å². The Hall–Kier alpha value is -0.200. The highest BCUT2D eigenvalue weighted by atomic mass is 16.6. The van der Waals surface area contributed by atoms with E-state index in [0.29, 0.717) is 6.61 Å². The summed E-state index contributed by atoms with van der Waals surface area (Å²) in [6.45, 7) is 3.24. The number of ether oxygens (including phenoxy) is 2. The molecule has 0 amide bonds. The second kappa shape index (κ2) is 16.7. The Bertz CT molecular complexity index is 326. The lowest BCUT2D eigenvalue weighted by Crippen LogP contribution is -2.54. The lowest BCUT2D eigenvalue weighted by atomic mass is 10.0. The summed E-state index contributed by atoms with van der Waals surface area (Å²) in [5.74, 6) is 0. The van der Waals surface area contributed by atoms with Crippen LogP contribution in [0.4, 0.5) is 0 Å². The molecule has 0 aromatic rings. The van der Waals surface area contributed by atoms with Crippen LogP contribution in [0.2, 0.25) is 0 Å². The molecule has 0 radical (unpaired) electrons. The summed E-state index contributed by atoms with van der Waals surface area (Å²) in [5.41, 5.74) is 0. The maximum Gasteiger partial charge on any atom is 0.111 e. The molecule has 1 aliphatic rings. The second-order valence-electron chi connectivity index (χ2n) is 8.09. The van der Waals surface area contributed by atoms with Crippen LogP contribution in [0.3, 0.4) is 0 Å². The van der Waals surface area contributed by atoms with Gasteiger partial charge in [-0.25, -0.2) is 0 Å². The summed E-state index contributed by atoms with van der Waals surface area (Å²) >= 11 is 0. The molecule has 0 unspecified atom stereocenters. The summed E-state index contributed by atoms with van der Waals surface area (Å²) < 4.78 is 10.9. The van der Waals surface area contributed by atoms with Crippen LogP contribution < -0.4 is 0 Å². The molecule has 5 heteroatoms. The molecular weight excluding hydrogens is 344 g/mol. The van der Waals surface area contributed by atoms with Crippen molar-refractivity contribution in [3.8, 4) is 0 Å². The van der Waals surface area contributed by atoms with E-state index in [4.69, 9.17) is 9.47 Å². The first-order chi connectivity index (χ1) is 13.2. The lowest BCUT2D eigenvalue weighted by molar-refractivity contribution is -0.199. The zero-order valence-corrected chi connectivity index (χ0v) is 17.5. The molecule has 1 saturated heterocycles. The molecule has 5 nitrogen and oxygen atoms in total. The molecule has 27 heavy (non-hydrogen) atoms. The summed E-state index contributed by atoms with van der Waals surface area (Å²) in [6, 6.07) is 0. The maximum atomic E-state index is 9.82. The highest BCUT2D eigenvalue weighted by Crippen LogP contribution is 2.16. The number of aliphatic hydroxyl groups is 3. The van der Waals surface area contributed by atoms with Gasteiger partial charge in [0.2, 0.25) is 0 Å². The van der Waals surface area contributed by atoms with Gasteiger partial charge in [0.25, 0.3) is 0 Å². The molecule has 0 spiro atoms. The van der Waals surface area contributed by atoms with Gasteiger partial charge in [0.1, 0.15) is 24.4 Å². The lowest BCUT2D eigenvalue weighted by Gasteiger charge is -2.35. The molecule has 1 heterocycles. The van der Waals surface area contributed by atoms with Gasteiger partial charge in [-0.3, -0.25) is 0 Å². The van der Waals surface area contributed by atoms with Gasteiger partial charge < -0.3 is 24.8 Å². The molecule has 162 valence electrons. The van der Waals surface area contributed by atoms with E-state index in [-0.39, 0.29) is 13.2 Å². The number of hydrogen-bond acceptors (Lipinski definition) is 5. The SMILES string of the molecule is CCCCCCCCCCCCCCCCOC[C@H]1OC[C@H](O)[C@@H](O)[C@@H]1O. The van der Waals surface area contributed by atoms with Gasteiger partial charge in [-0.1, -0.05) is 90.4 Å². The van der Waals surface area contributed by atoms with Gasteiger partial charge in [-0.15, -0.1) is 0 Å². The molecule has 1 fully saturated rings. The van der Waals surface area contributed by atoms with Gasteiger partial charge in [0.15, 0.2) is 0 Å². The van der Waals surface area contributed by atoms with Gasteiger partial charge in [-0.2, -0.15) is 0 Å². The molecule has 0 saturated carbocycles. The third kappa shape index (κ3) is 12.1. The standard InChI is InChI=1S/C22H44O5/c1-2-3-4-5-6-7-8-9-10-11-12-13-14-15-16-26-18-20-22(25)21(24)19(23)17-27-20/h19-25H,2-18H2,1H3/t19-,20+,21+,22+/m0/s1. The minimum atomic E-state index is -1.14. The van der Waals surface area contributed by atoms with Crippen LogP contribution in [0, 0.1) is 0 Å². The number of hydrogen-bond donors (Lipinski definition) is 3. The van der Waals surface area contributed by atoms with E-state index in [1.165, 1.54) is 83.5 Å². The first-order valence-electron chi connectivity index (χ1n) is 11.4. The molecule has 1 aliphatic heterocycles. The van der Waals surface area contributed by atoms with E-state index < -0.39 is 24.4 Å². The predicted octanol–water partition coefficient (Wildman–Crippen LogP) is 3.97. The van der Waals surface area contributed by atoms with Gasteiger partial charge >= 0.3 is 0 Å². The first-order valence-corrected chi connectivity index (χ1v) is 11.4. The number of aliphatic hydroxyl groups excluding tert-OH is 3. The van der Waals surface area contributed by atoms with Crippen LogP contribution >= 0.6 is 0 Å². The third-order valence-corrected chi connectivity index (χ3v) is 5.53. The van der Waals surface area contributed by atoms with Crippen molar-refractivity contribution in [2.24, 2.45) is 0 Å². The number of rotatable bonds is 17.